The fourth-order valence-electron chi connectivity index (χ4n) is 0.172. The van der Waals surface area contributed by atoms with E-state index >= 15 is 0 Å². The van der Waals surface area contributed by atoms with Crippen LogP contribution in [0, 0.1) is 0 Å². The Morgan fingerprint density at radius 1 is 1.38 bits per heavy atom. The first-order valence-corrected chi connectivity index (χ1v) is 3.03. The summed E-state index contributed by atoms with van der Waals surface area (Å²) in [7, 11) is -2.64. The van der Waals surface area contributed by atoms with Gasteiger partial charge in [-0.15, -0.1) is 0 Å². The van der Waals surface area contributed by atoms with Gasteiger partial charge in [0.05, 0.1) is 6.10 Å². The molecular formula is C3H7CuO3P. The average molecular weight is 186 g/mol. The molecular weight excluding hydrogens is 179 g/mol. The van der Waals surface area contributed by atoms with Crippen molar-refractivity contribution in [2.45, 2.75) is 20.0 Å². The molecule has 0 saturated heterocycles. The summed E-state index contributed by atoms with van der Waals surface area (Å²) in [5, 5.41) is 0. The summed E-state index contributed by atoms with van der Waals surface area (Å²) < 4.78 is 4.20. The summed E-state index contributed by atoms with van der Waals surface area (Å²) >= 11 is 0. The van der Waals surface area contributed by atoms with Crippen molar-refractivity contribution in [3.63, 3.8) is 0 Å². The number of hydrogen-bond acceptors (Lipinski definition) is 3. The van der Waals surface area contributed by atoms with E-state index in [-0.39, 0.29) is 23.2 Å². The van der Waals surface area contributed by atoms with Crippen LogP contribution in [0.5, 0.6) is 0 Å². The van der Waals surface area contributed by atoms with E-state index in [4.69, 9.17) is 0 Å². The molecule has 0 heterocycles. The van der Waals surface area contributed by atoms with Gasteiger partial charge in [-0.2, -0.15) is 8.60 Å². The molecule has 0 spiro atoms. The minimum atomic E-state index is -2.64. The molecule has 0 unspecified atom stereocenters. The molecule has 8 heavy (non-hydrogen) atoms. The van der Waals surface area contributed by atoms with Crippen LogP contribution in [-0.2, 0) is 21.6 Å². The van der Waals surface area contributed by atoms with Crippen molar-refractivity contribution in [3.05, 3.63) is 0 Å². The zero-order valence-corrected chi connectivity index (χ0v) is 6.39. The van der Waals surface area contributed by atoms with Crippen LogP contribution in [0.2, 0.25) is 0 Å². The van der Waals surface area contributed by atoms with Crippen LogP contribution in [-0.4, -0.2) is 6.10 Å². The summed E-state index contributed by atoms with van der Waals surface area (Å²) in [6.07, 6.45) is -0.221. The van der Waals surface area contributed by atoms with Crippen molar-refractivity contribution in [2.75, 3.05) is 0 Å². The maximum absolute atomic E-state index is 9.62. The molecule has 3 nitrogen and oxygen atoms in total. The number of hydrogen-bond donors (Lipinski definition) is 0. The van der Waals surface area contributed by atoms with Gasteiger partial charge in [-0.1, -0.05) is 0 Å². The Balaban J connectivity index is 0. The van der Waals surface area contributed by atoms with E-state index in [1.165, 1.54) is 0 Å². The first kappa shape index (κ1) is 11.6. The van der Waals surface area contributed by atoms with Gasteiger partial charge in [0.2, 0.25) is 0 Å². The Morgan fingerprint density at radius 3 is 1.75 bits per heavy atom. The van der Waals surface area contributed by atoms with Gasteiger partial charge >= 0.3 is 17.1 Å². The monoisotopic (exact) mass is 185 g/mol. The van der Waals surface area contributed by atoms with E-state index in [0.29, 0.717) is 0 Å². The van der Waals surface area contributed by atoms with Crippen molar-refractivity contribution < 1.29 is 31.4 Å². The summed E-state index contributed by atoms with van der Waals surface area (Å²) in [4.78, 5) is 19.2. The van der Waals surface area contributed by atoms with Crippen LogP contribution < -0.4 is 9.79 Å². The molecule has 0 bridgehead atoms. The Labute approximate surface area is 60.5 Å². The maximum Gasteiger partial charge on any atom is 2.00 e. The number of rotatable bonds is 2. The zero-order valence-electron chi connectivity index (χ0n) is 4.55. The minimum Gasteiger partial charge on any atom is -0.820 e. The van der Waals surface area contributed by atoms with Crippen LogP contribution in [0.4, 0.5) is 0 Å². The molecule has 0 aromatic rings. The third-order valence-electron chi connectivity index (χ3n) is 0.297. The van der Waals surface area contributed by atoms with E-state index in [1.54, 1.807) is 13.8 Å². The SMILES string of the molecule is CC(C)OP([O-])[O-].[Cu+2]. The third kappa shape index (κ3) is 9.95. The van der Waals surface area contributed by atoms with E-state index in [2.05, 4.69) is 4.52 Å². The fraction of sp³-hybridized carbons (Fsp3) is 1.00. The van der Waals surface area contributed by atoms with E-state index in [1.807, 2.05) is 0 Å². The Kier molecular flexibility index (Phi) is 8.64. The second-order valence-electron chi connectivity index (χ2n) is 1.38. The average Bonchev–Trinajstić information content (AvgIpc) is 1.27. The summed E-state index contributed by atoms with van der Waals surface area (Å²) in [6, 6.07) is 0. The van der Waals surface area contributed by atoms with Gasteiger partial charge in [0.15, 0.2) is 0 Å². The van der Waals surface area contributed by atoms with Crippen LogP contribution in [0.3, 0.4) is 0 Å². The van der Waals surface area contributed by atoms with Crippen LogP contribution in [0.1, 0.15) is 13.8 Å². The van der Waals surface area contributed by atoms with E-state index < -0.39 is 8.60 Å². The molecule has 53 valence electrons. The molecule has 0 aromatic carbocycles. The van der Waals surface area contributed by atoms with Crippen molar-refractivity contribution in [2.24, 2.45) is 0 Å². The second-order valence-corrected chi connectivity index (χ2v) is 2.04. The second kappa shape index (κ2) is 5.96. The molecule has 0 saturated carbocycles. The van der Waals surface area contributed by atoms with Crippen LogP contribution >= 0.6 is 8.60 Å². The molecule has 0 aliphatic carbocycles. The molecule has 0 fully saturated rings. The quantitative estimate of drug-likeness (QED) is 0.425. The molecule has 0 aliphatic rings. The molecule has 0 aliphatic heterocycles. The molecule has 0 aromatic heterocycles. The first-order chi connectivity index (χ1) is 3.13. The zero-order chi connectivity index (χ0) is 5.86. The van der Waals surface area contributed by atoms with E-state index in [9.17, 15) is 9.79 Å². The summed E-state index contributed by atoms with van der Waals surface area (Å²) in [5.74, 6) is 0. The minimum absolute atomic E-state index is 0. The topological polar surface area (TPSA) is 55.3 Å². The van der Waals surface area contributed by atoms with Crippen LogP contribution in [0.15, 0.2) is 0 Å². The Bertz CT molecular complexity index is 43.8. The molecule has 0 rings (SSSR count). The smallest absolute Gasteiger partial charge is 0.820 e. The molecule has 1 radical (unpaired) electrons. The predicted molar refractivity (Wildman–Crippen MR) is 23.1 cm³/mol. The molecule has 0 atom stereocenters. The Hall–Kier alpha value is 0.829. The van der Waals surface area contributed by atoms with Gasteiger partial charge in [-0.25, -0.2) is 0 Å². The third-order valence-corrected chi connectivity index (χ3v) is 0.891. The molecule has 0 N–H and O–H groups in total. The van der Waals surface area contributed by atoms with Gasteiger partial charge < -0.3 is 14.3 Å². The summed E-state index contributed by atoms with van der Waals surface area (Å²) in [6.45, 7) is 3.32. The van der Waals surface area contributed by atoms with Gasteiger partial charge in [0, 0.05) is 0 Å². The fourth-order valence-corrected chi connectivity index (χ4v) is 0.516. The largest absolute Gasteiger partial charge is 2.00 e. The summed E-state index contributed by atoms with van der Waals surface area (Å²) in [5.41, 5.74) is 0. The van der Waals surface area contributed by atoms with Crippen LogP contribution in [0.25, 0.3) is 0 Å². The maximum atomic E-state index is 9.62. The van der Waals surface area contributed by atoms with Crippen molar-refractivity contribution >= 4 is 8.60 Å². The predicted octanol–water partition coefficient (Wildman–Crippen LogP) is -0.644. The van der Waals surface area contributed by atoms with Crippen molar-refractivity contribution in [1.82, 2.24) is 0 Å². The van der Waals surface area contributed by atoms with Gasteiger partial charge in [-0.05, 0) is 13.8 Å². The van der Waals surface area contributed by atoms with Crippen molar-refractivity contribution in [1.29, 1.82) is 0 Å². The van der Waals surface area contributed by atoms with Crippen molar-refractivity contribution in [3.8, 4) is 0 Å². The van der Waals surface area contributed by atoms with Gasteiger partial charge in [-0.3, -0.25) is 0 Å². The first-order valence-electron chi connectivity index (χ1n) is 1.94. The van der Waals surface area contributed by atoms with Gasteiger partial charge in [0.25, 0.3) is 0 Å². The normalized spacial score (nSPS) is 9.75. The molecule has 0 amide bonds. The Morgan fingerprint density at radius 2 is 1.75 bits per heavy atom. The molecule has 5 heteroatoms. The standard InChI is InChI=1S/C3H7O3P.Cu/c1-3(2)6-7(4)5;/h3H,1-2H3;/q-2;+2. The van der Waals surface area contributed by atoms with Gasteiger partial charge in [0.1, 0.15) is 0 Å². The van der Waals surface area contributed by atoms with E-state index in [0.717, 1.165) is 0 Å².